The maximum atomic E-state index is 10.9. The number of nitrogens with zero attached hydrogens (tertiary/aromatic N) is 4. The molecule has 2 fully saturated rings. The van der Waals surface area contributed by atoms with Gasteiger partial charge in [-0.1, -0.05) is 0 Å². The van der Waals surface area contributed by atoms with Gasteiger partial charge >= 0.3 is 7.60 Å². The second kappa shape index (κ2) is 4.48. The van der Waals surface area contributed by atoms with Crippen LogP contribution < -0.4 is 5.73 Å². The molecule has 2 aromatic rings. The Bertz CT molecular complexity index is 789. The number of nitrogens with two attached hydrogens (primary N) is 1. The number of ether oxygens (including phenoxy) is 1. The Morgan fingerprint density at radius 3 is 3.00 bits per heavy atom. The Labute approximate surface area is 125 Å². The summed E-state index contributed by atoms with van der Waals surface area (Å²) in [6.45, 7) is 0. The maximum absolute atomic E-state index is 10.9. The molecule has 3 atom stereocenters. The summed E-state index contributed by atoms with van der Waals surface area (Å²) in [7, 11) is -4.13. The highest BCUT2D eigenvalue weighted by molar-refractivity contribution is 7.51. The van der Waals surface area contributed by atoms with Crippen LogP contribution in [0.3, 0.4) is 0 Å². The smallest absolute Gasteiger partial charge is 0.350 e. The standard InChI is InChI=1S/C12H16N5O4P/c13-10-9-11(15-4-14-10)17(5-16-9)12-2-7(12)1-8(3-12)21-6-22(18,19)20/h4-5,7-8H,1-3,6H2,(H2,13,14,15)(H2,18,19,20)/t7-,8+,12+/m0/s1. The Hall–Kier alpha value is -1.54. The SMILES string of the molecule is Nc1ncnc2c1ncn2[C@]12C[C@H](OCP(=O)(O)O)C[C@H]1C2. The van der Waals surface area contributed by atoms with Gasteiger partial charge in [-0.2, -0.15) is 0 Å². The molecule has 0 unspecified atom stereocenters. The number of hydrogen-bond donors (Lipinski definition) is 3. The van der Waals surface area contributed by atoms with Crippen molar-refractivity contribution in [2.75, 3.05) is 12.1 Å². The number of rotatable bonds is 4. The van der Waals surface area contributed by atoms with Crippen molar-refractivity contribution in [1.82, 2.24) is 19.5 Å². The van der Waals surface area contributed by atoms with Crippen LogP contribution in [0.4, 0.5) is 5.82 Å². The number of nitrogen functional groups attached to an aromatic ring is 1. The van der Waals surface area contributed by atoms with E-state index < -0.39 is 13.9 Å². The van der Waals surface area contributed by atoms with Crippen LogP contribution in [0.25, 0.3) is 11.2 Å². The van der Waals surface area contributed by atoms with Crippen LogP contribution in [-0.4, -0.2) is 41.8 Å². The molecule has 0 spiro atoms. The van der Waals surface area contributed by atoms with Gasteiger partial charge in [0.15, 0.2) is 11.5 Å². The van der Waals surface area contributed by atoms with E-state index in [-0.39, 0.29) is 11.6 Å². The van der Waals surface area contributed by atoms with Crippen LogP contribution in [0.2, 0.25) is 0 Å². The van der Waals surface area contributed by atoms with Crippen molar-refractivity contribution >= 4 is 24.6 Å². The Morgan fingerprint density at radius 2 is 2.23 bits per heavy atom. The van der Waals surface area contributed by atoms with E-state index in [1.54, 1.807) is 6.33 Å². The molecule has 2 heterocycles. The van der Waals surface area contributed by atoms with Gasteiger partial charge in [-0.25, -0.2) is 15.0 Å². The zero-order valence-corrected chi connectivity index (χ0v) is 12.6. The molecule has 0 bridgehead atoms. The topological polar surface area (TPSA) is 136 Å². The molecule has 4 N–H and O–H groups in total. The van der Waals surface area contributed by atoms with E-state index in [0.717, 1.165) is 12.8 Å². The normalized spacial score (nSPS) is 30.6. The van der Waals surface area contributed by atoms with Crippen molar-refractivity contribution in [3.05, 3.63) is 12.7 Å². The minimum absolute atomic E-state index is 0.116. The third kappa shape index (κ3) is 2.13. The molecule has 0 radical (unpaired) electrons. The first-order valence-corrected chi connectivity index (χ1v) is 8.79. The highest BCUT2D eigenvalue weighted by Gasteiger charge is 2.62. The van der Waals surface area contributed by atoms with Gasteiger partial charge in [-0.05, 0) is 25.2 Å². The zero-order valence-electron chi connectivity index (χ0n) is 11.7. The summed E-state index contributed by atoms with van der Waals surface area (Å²) in [5.74, 6) is 0.771. The summed E-state index contributed by atoms with van der Waals surface area (Å²) < 4.78 is 18.3. The molecule has 22 heavy (non-hydrogen) atoms. The van der Waals surface area contributed by atoms with Crippen molar-refractivity contribution in [2.45, 2.75) is 30.9 Å². The van der Waals surface area contributed by atoms with Crippen molar-refractivity contribution in [2.24, 2.45) is 5.92 Å². The van der Waals surface area contributed by atoms with Gasteiger partial charge in [0.1, 0.15) is 18.2 Å². The average Bonchev–Trinajstić information content (AvgIpc) is 2.85. The molecule has 0 saturated heterocycles. The molecule has 0 aromatic carbocycles. The minimum Gasteiger partial charge on any atom is -0.382 e. The number of imidazole rings is 1. The molecule has 2 aliphatic rings. The molecule has 0 aliphatic heterocycles. The predicted molar refractivity (Wildman–Crippen MR) is 76.8 cm³/mol. The minimum atomic E-state index is -4.13. The molecule has 118 valence electrons. The van der Waals surface area contributed by atoms with Crippen molar-refractivity contribution in [1.29, 1.82) is 0 Å². The van der Waals surface area contributed by atoms with Gasteiger partial charge < -0.3 is 24.8 Å². The molecule has 10 heteroatoms. The van der Waals surface area contributed by atoms with E-state index in [4.69, 9.17) is 20.3 Å². The Morgan fingerprint density at radius 1 is 1.41 bits per heavy atom. The third-order valence-corrected chi connectivity index (χ3v) is 5.13. The number of fused-ring (bicyclic) bond motifs is 2. The second-order valence-electron chi connectivity index (χ2n) is 6.07. The number of anilines is 1. The summed E-state index contributed by atoms with van der Waals surface area (Å²) in [5, 5.41) is 0. The van der Waals surface area contributed by atoms with Crippen molar-refractivity contribution in [3.63, 3.8) is 0 Å². The van der Waals surface area contributed by atoms with E-state index in [1.807, 2.05) is 4.57 Å². The van der Waals surface area contributed by atoms with E-state index in [2.05, 4.69) is 15.0 Å². The van der Waals surface area contributed by atoms with E-state index >= 15 is 0 Å². The van der Waals surface area contributed by atoms with Crippen LogP contribution in [0.5, 0.6) is 0 Å². The third-order valence-electron chi connectivity index (χ3n) is 4.65. The van der Waals surface area contributed by atoms with Crippen molar-refractivity contribution in [3.8, 4) is 0 Å². The molecule has 9 nitrogen and oxygen atoms in total. The van der Waals surface area contributed by atoms with Crippen LogP contribution >= 0.6 is 7.60 Å². The second-order valence-corrected chi connectivity index (χ2v) is 7.66. The lowest BCUT2D eigenvalue weighted by Gasteiger charge is -2.19. The largest absolute Gasteiger partial charge is 0.382 e. The number of hydrogen-bond acceptors (Lipinski definition) is 6. The average molecular weight is 325 g/mol. The Kier molecular flexibility index (Phi) is 2.87. The summed E-state index contributed by atoms with van der Waals surface area (Å²) in [5.41, 5.74) is 6.98. The first-order valence-electron chi connectivity index (χ1n) is 6.99. The summed E-state index contributed by atoms with van der Waals surface area (Å²) in [4.78, 5) is 30.3. The van der Waals surface area contributed by atoms with Crippen molar-refractivity contribution < 1.29 is 19.1 Å². The van der Waals surface area contributed by atoms with Gasteiger partial charge in [0.25, 0.3) is 0 Å². The fraction of sp³-hybridized carbons (Fsp3) is 0.583. The van der Waals surface area contributed by atoms with Crippen LogP contribution in [-0.2, 0) is 14.8 Å². The first kappa shape index (κ1) is 14.1. The molecule has 2 aromatic heterocycles. The lowest BCUT2D eigenvalue weighted by Crippen LogP contribution is -2.21. The van der Waals surface area contributed by atoms with Gasteiger partial charge in [-0.3, -0.25) is 4.57 Å². The fourth-order valence-electron chi connectivity index (χ4n) is 3.62. The molecular weight excluding hydrogens is 309 g/mol. The highest BCUT2D eigenvalue weighted by atomic mass is 31.2. The maximum Gasteiger partial charge on any atom is 0.350 e. The predicted octanol–water partition coefficient (Wildman–Crippen LogP) is 0.438. The van der Waals surface area contributed by atoms with Crippen LogP contribution in [0.15, 0.2) is 12.7 Å². The first-order chi connectivity index (χ1) is 10.4. The molecule has 2 saturated carbocycles. The summed E-state index contributed by atoms with van der Waals surface area (Å²) in [6, 6.07) is 0. The monoisotopic (exact) mass is 325 g/mol. The fourth-order valence-corrected chi connectivity index (χ4v) is 4.02. The zero-order chi connectivity index (χ0) is 15.5. The van der Waals surface area contributed by atoms with Crippen LogP contribution in [0, 0.1) is 5.92 Å². The van der Waals surface area contributed by atoms with Gasteiger partial charge in [0.05, 0.1) is 18.0 Å². The van der Waals surface area contributed by atoms with E-state index in [1.165, 1.54) is 6.33 Å². The highest BCUT2D eigenvalue weighted by Crippen LogP contribution is 2.62. The number of aromatic nitrogens is 4. The van der Waals surface area contributed by atoms with Crippen LogP contribution in [0.1, 0.15) is 19.3 Å². The molecule has 4 rings (SSSR count). The van der Waals surface area contributed by atoms with Gasteiger partial charge in [0.2, 0.25) is 0 Å². The Balaban J connectivity index is 1.59. The van der Waals surface area contributed by atoms with E-state index in [9.17, 15) is 4.57 Å². The molecular formula is C12H16N5O4P. The van der Waals surface area contributed by atoms with E-state index in [0.29, 0.717) is 29.3 Å². The molecule has 0 amide bonds. The summed E-state index contributed by atoms with van der Waals surface area (Å²) in [6.07, 6.45) is 4.95. The van der Waals surface area contributed by atoms with Gasteiger partial charge in [-0.15, -0.1) is 0 Å². The lowest BCUT2D eigenvalue weighted by atomic mass is 10.1. The molecule has 2 aliphatic carbocycles. The quantitative estimate of drug-likeness (QED) is 0.689. The van der Waals surface area contributed by atoms with Gasteiger partial charge in [0, 0.05) is 0 Å². The summed E-state index contributed by atoms with van der Waals surface area (Å²) >= 11 is 0. The lowest BCUT2D eigenvalue weighted by molar-refractivity contribution is 0.0667.